The summed E-state index contributed by atoms with van der Waals surface area (Å²) in [6, 6.07) is 9.14. The monoisotopic (exact) mass is 447 g/mol. The van der Waals surface area contributed by atoms with Crippen LogP contribution in [-0.4, -0.2) is 27.9 Å². The maximum absolute atomic E-state index is 13.4. The molecule has 0 aliphatic heterocycles. The smallest absolute Gasteiger partial charge is 0.362 e. The van der Waals surface area contributed by atoms with Crippen LogP contribution in [0.25, 0.3) is 21.8 Å². The summed E-state index contributed by atoms with van der Waals surface area (Å²) in [7, 11) is -4.12. The summed E-state index contributed by atoms with van der Waals surface area (Å²) in [4.78, 5) is 26.1. The lowest BCUT2D eigenvalue weighted by atomic mass is 10.2. The minimum absolute atomic E-state index is 0.0105. The lowest BCUT2D eigenvalue weighted by Gasteiger charge is -2.11. The third kappa shape index (κ3) is 3.10. The second-order valence-electron chi connectivity index (χ2n) is 7.43. The van der Waals surface area contributed by atoms with E-state index in [4.69, 9.17) is 11.6 Å². The van der Waals surface area contributed by atoms with Gasteiger partial charge in [-0.2, -0.15) is 0 Å². The summed E-state index contributed by atoms with van der Waals surface area (Å²) in [5.74, 6) is 0.367. The molecule has 30 heavy (non-hydrogen) atoms. The molecule has 0 amide bonds. The summed E-state index contributed by atoms with van der Waals surface area (Å²) >= 11 is 6.04. The van der Waals surface area contributed by atoms with Gasteiger partial charge in [-0.3, -0.25) is 4.79 Å². The normalized spacial score (nSPS) is 12.3. The number of aromatic amines is 1. The molecule has 2 N–H and O–H groups in total. The van der Waals surface area contributed by atoms with Crippen molar-refractivity contribution >= 4 is 43.2 Å². The fourth-order valence-electron chi connectivity index (χ4n) is 3.48. The summed E-state index contributed by atoms with van der Waals surface area (Å²) < 4.78 is 28.7. The first-order valence-electron chi connectivity index (χ1n) is 9.12. The Kier molecular flexibility index (Phi) is 4.74. The number of hydrogen-bond acceptors (Lipinski definition) is 5. The van der Waals surface area contributed by atoms with Crippen LogP contribution in [0.5, 0.6) is 0 Å². The molecule has 156 valence electrons. The van der Waals surface area contributed by atoms with Crippen molar-refractivity contribution in [2.24, 2.45) is 5.92 Å². The van der Waals surface area contributed by atoms with E-state index >= 15 is 0 Å². The molecule has 0 saturated heterocycles. The molecule has 0 radical (unpaired) electrons. The number of fused-ring (bicyclic) bond motifs is 2. The molecule has 8 nitrogen and oxygen atoms in total. The first kappa shape index (κ1) is 20.2. The molecule has 0 spiro atoms. The minimum atomic E-state index is -4.12. The van der Waals surface area contributed by atoms with Gasteiger partial charge in [0.15, 0.2) is 0 Å². The largest absolute Gasteiger partial charge is 0.421 e. The van der Waals surface area contributed by atoms with Crippen LogP contribution in [0, 0.1) is 5.92 Å². The highest BCUT2D eigenvalue weighted by molar-refractivity contribution is 7.91. The van der Waals surface area contributed by atoms with E-state index in [0.29, 0.717) is 5.92 Å². The predicted octanol–water partition coefficient (Wildman–Crippen LogP) is 3.02. The van der Waals surface area contributed by atoms with Crippen molar-refractivity contribution in [3.8, 4) is 0 Å². The van der Waals surface area contributed by atoms with E-state index in [1.165, 1.54) is 18.2 Å². The van der Waals surface area contributed by atoms with Crippen LogP contribution in [0.15, 0.2) is 62.0 Å². The van der Waals surface area contributed by atoms with Gasteiger partial charge in [0.05, 0.1) is 25.7 Å². The Hall–Kier alpha value is -3.04. The Morgan fingerprint density at radius 3 is 2.57 bits per heavy atom. The van der Waals surface area contributed by atoms with Crippen LogP contribution in [0.4, 0.5) is 0 Å². The predicted molar refractivity (Wildman–Crippen MR) is 113 cm³/mol. The second-order valence-corrected chi connectivity index (χ2v) is 9.75. The summed E-state index contributed by atoms with van der Waals surface area (Å²) in [5.41, 5.74) is -1.75. The standard InChI is InChI=1S/C20H18ClN3O5S/c1-11(2)10-23-8-7-12-3-4-13(9-15(12)23)30(28,29)16-6-5-14(21)17-18(16)22-20(26)24(27)19(17)25/h3-9,11,27H,10H2,1-2H3,(H,22,26). The fourth-order valence-corrected chi connectivity index (χ4v) is 5.16. The van der Waals surface area contributed by atoms with E-state index in [-0.39, 0.29) is 30.4 Å². The zero-order valence-corrected chi connectivity index (χ0v) is 17.7. The average molecular weight is 448 g/mol. The summed E-state index contributed by atoms with van der Waals surface area (Å²) in [5, 5.41) is 10.1. The Bertz CT molecular complexity index is 1530. The molecule has 0 saturated carbocycles. The Labute approximate surface area is 175 Å². The molecule has 4 rings (SSSR count). The van der Waals surface area contributed by atoms with Gasteiger partial charge in [0.2, 0.25) is 9.84 Å². The van der Waals surface area contributed by atoms with Crippen molar-refractivity contribution in [2.45, 2.75) is 30.2 Å². The molecule has 0 unspecified atom stereocenters. The molecule has 0 aliphatic carbocycles. The quantitative estimate of drug-likeness (QED) is 0.467. The van der Waals surface area contributed by atoms with Gasteiger partial charge in [-0.05, 0) is 41.6 Å². The highest BCUT2D eigenvalue weighted by Crippen LogP contribution is 2.31. The molecular weight excluding hydrogens is 430 g/mol. The number of aromatic nitrogens is 3. The molecule has 2 aromatic carbocycles. The number of benzene rings is 2. The second kappa shape index (κ2) is 7.03. The molecule has 0 aliphatic rings. The van der Waals surface area contributed by atoms with Gasteiger partial charge in [-0.15, -0.1) is 0 Å². The van der Waals surface area contributed by atoms with Crippen molar-refractivity contribution in [3.05, 3.63) is 68.5 Å². The van der Waals surface area contributed by atoms with Crippen molar-refractivity contribution in [1.29, 1.82) is 0 Å². The molecule has 0 bridgehead atoms. The van der Waals surface area contributed by atoms with Gasteiger partial charge in [-0.25, -0.2) is 13.2 Å². The van der Waals surface area contributed by atoms with E-state index in [1.807, 2.05) is 16.8 Å². The van der Waals surface area contributed by atoms with Gasteiger partial charge in [0, 0.05) is 18.3 Å². The van der Waals surface area contributed by atoms with Crippen LogP contribution < -0.4 is 11.2 Å². The van der Waals surface area contributed by atoms with Gasteiger partial charge in [-0.1, -0.05) is 36.2 Å². The number of sulfone groups is 1. The number of halogens is 1. The number of rotatable bonds is 4. The van der Waals surface area contributed by atoms with E-state index < -0.39 is 21.1 Å². The van der Waals surface area contributed by atoms with Crippen molar-refractivity contribution in [3.63, 3.8) is 0 Å². The number of nitrogens with zero attached hydrogens (tertiary/aromatic N) is 2. The van der Waals surface area contributed by atoms with E-state index in [1.54, 1.807) is 12.1 Å². The molecule has 10 heteroatoms. The Morgan fingerprint density at radius 2 is 1.87 bits per heavy atom. The third-order valence-electron chi connectivity index (χ3n) is 4.85. The first-order chi connectivity index (χ1) is 14.1. The fraction of sp³-hybridized carbons (Fsp3) is 0.200. The van der Waals surface area contributed by atoms with Crippen LogP contribution >= 0.6 is 11.6 Å². The first-order valence-corrected chi connectivity index (χ1v) is 11.0. The van der Waals surface area contributed by atoms with Gasteiger partial charge in [0.25, 0.3) is 5.56 Å². The maximum Gasteiger partial charge on any atom is 0.362 e. The zero-order valence-electron chi connectivity index (χ0n) is 16.1. The highest BCUT2D eigenvalue weighted by Gasteiger charge is 2.25. The van der Waals surface area contributed by atoms with Crippen LogP contribution in [0.2, 0.25) is 5.02 Å². The van der Waals surface area contributed by atoms with E-state index in [0.717, 1.165) is 17.4 Å². The molecule has 2 heterocycles. The Balaban J connectivity index is 1.99. The average Bonchev–Trinajstić information content (AvgIpc) is 3.07. The molecule has 4 aromatic rings. The van der Waals surface area contributed by atoms with Crippen LogP contribution in [-0.2, 0) is 16.4 Å². The number of nitrogens with one attached hydrogen (secondary N) is 1. The van der Waals surface area contributed by atoms with Gasteiger partial charge < -0.3 is 14.8 Å². The molecule has 0 fully saturated rings. The highest BCUT2D eigenvalue weighted by atomic mass is 35.5. The van der Waals surface area contributed by atoms with Crippen molar-refractivity contribution < 1.29 is 13.6 Å². The van der Waals surface area contributed by atoms with E-state index in [9.17, 15) is 23.2 Å². The van der Waals surface area contributed by atoms with Gasteiger partial charge >= 0.3 is 5.69 Å². The molecular formula is C20H18ClN3O5S. The number of hydrogen-bond donors (Lipinski definition) is 2. The van der Waals surface area contributed by atoms with Crippen molar-refractivity contribution in [2.75, 3.05) is 0 Å². The summed E-state index contributed by atoms with van der Waals surface area (Å²) in [6.45, 7) is 4.85. The lowest BCUT2D eigenvalue weighted by molar-refractivity contribution is 0.162. The van der Waals surface area contributed by atoms with Crippen molar-refractivity contribution in [1.82, 2.24) is 14.3 Å². The zero-order chi connectivity index (χ0) is 21.8. The molecule has 0 atom stereocenters. The van der Waals surface area contributed by atoms with Crippen LogP contribution in [0.3, 0.4) is 0 Å². The molecule has 2 aromatic heterocycles. The van der Waals surface area contributed by atoms with Crippen LogP contribution in [0.1, 0.15) is 13.8 Å². The van der Waals surface area contributed by atoms with Gasteiger partial charge in [0.1, 0.15) is 0 Å². The lowest BCUT2D eigenvalue weighted by Crippen LogP contribution is -2.33. The van der Waals surface area contributed by atoms with E-state index in [2.05, 4.69) is 18.8 Å². The number of H-pyrrole nitrogens is 1. The topological polar surface area (TPSA) is 114 Å². The maximum atomic E-state index is 13.4. The third-order valence-corrected chi connectivity index (χ3v) is 6.96. The Morgan fingerprint density at radius 1 is 1.13 bits per heavy atom. The minimum Gasteiger partial charge on any atom is -0.421 e. The SMILES string of the molecule is CC(C)Cn1ccc2ccc(S(=O)(=O)c3ccc(Cl)c4c(=O)n(O)c(=O)[nH]c34)cc21. The summed E-state index contributed by atoms with van der Waals surface area (Å²) in [6.07, 6.45) is 1.90.